The van der Waals surface area contributed by atoms with E-state index in [9.17, 15) is 15.0 Å². The first-order chi connectivity index (χ1) is 12.0. The molecule has 0 atom stereocenters. The highest BCUT2D eigenvalue weighted by Crippen LogP contribution is 2.42. The van der Waals surface area contributed by atoms with Gasteiger partial charge in [0.05, 0.1) is 26.7 Å². The monoisotopic (exact) mass is 344 g/mol. The van der Waals surface area contributed by atoms with E-state index >= 15 is 0 Å². The molecule has 0 unspecified atom stereocenters. The number of methoxy groups -OCH3 is 3. The highest BCUT2D eigenvalue weighted by atomic mass is 16.5. The first-order valence-electron chi connectivity index (χ1n) is 7.29. The number of fused-ring (bicyclic) bond motifs is 1. The Labute approximate surface area is 142 Å². The molecule has 0 aliphatic rings. The Morgan fingerprint density at radius 3 is 2.36 bits per heavy atom. The molecule has 0 saturated carbocycles. The summed E-state index contributed by atoms with van der Waals surface area (Å²) < 4.78 is 21.2. The normalized spacial score (nSPS) is 10.7. The minimum Gasteiger partial charge on any atom is -0.504 e. The van der Waals surface area contributed by atoms with E-state index in [1.807, 2.05) is 0 Å². The van der Waals surface area contributed by atoms with Crippen LogP contribution in [0.2, 0.25) is 0 Å². The minimum atomic E-state index is -0.412. The van der Waals surface area contributed by atoms with E-state index in [4.69, 9.17) is 18.6 Å². The Bertz CT molecular complexity index is 1000. The van der Waals surface area contributed by atoms with Crippen molar-refractivity contribution in [3.8, 4) is 40.1 Å². The van der Waals surface area contributed by atoms with Gasteiger partial charge in [-0.1, -0.05) is 0 Å². The molecule has 0 radical (unpaired) electrons. The molecule has 0 aliphatic heterocycles. The van der Waals surface area contributed by atoms with Gasteiger partial charge in [0.15, 0.2) is 17.3 Å². The lowest BCUT2D eigenvalue weighted by atomic mass is 10.1. The fraction of sp³-hybridized carbons (Fsp3) is 0.167. The Hall–Kier alpha value is -3.35. The topological polar surface area (TPSA) is 98.4 Å². The van der Waals surface area contributed by atoms with Crippen LogP contribution in [0.5, 0.6) is 28.7 Å². The fourth-order valence-corrected chi connectivity index (χ4v) is 2.54. The van der Waals surface area contributed by atoms with E-state index in [0.717, 1.165) is 0 Å². The van der Waals surface area contributed by atoms with Gasteiger partial charge in [0, 0.05) is 11.6 Å². The molecule has 0 bridgehead atoms. The van der Waals surface area contributed by atoms with Crippen LogP contribution < -0.4 is 19.6 Å². The van der Waals surface area contributed by atoms with Crippen LogP contribution in [0.1, 0.15) is 0 Å². The van der Waals surface area contributed by atoms with Crippen molar-refractivity contribution < 1.29 is 28.8 Å². The van der Waals surface area contributed by atoms with Gasteiger partial charge in [0.2, 0.25) is 16.9 Å². The van der Waals surface area contributed by atoms with E-state index < -0.39 is 11.5 Å². The van der Waals surface area contributed by atoms with Gasteiger partial charge in [-0.3, -0.25) is 4.79 Å². The third kappa shape index (κ3) is 2.69. The Kier molecular flexibility index (Phi) is 4.14. The average Bonchev–Trinajstić information content (AvgIpc) is 2.63. The van der Waals surface area contributed by atoms with Gasteiger partial charge in [-0.25, -0.2) is 0 Å². The summed E-state index contributed by atoms with van der Waals surface area (Å²) in [5.41, 5.74) is 0.241. The highest BCUT2D eigenvalue weighted by Gasteiger charge is 2.20. The van der Waals surface area contributed by atoms with E-state index in [0.29, 0.717) is 22.3 Å². The summed E-state index contributed by atoms with van der Waals surface area (Å²) in [6.45, 7) is 0. The third-order valence-corrected chi connectivity index (χ3v) is 3.80. The molecule has 1 heterocycles. The number of phenolic OH excluding ortho intramolecular Hbond substituents is 2. The smallest absolute Gasteiger partial charge is 0.235 e. The Balaban J connectivity index is 2.35. The Morgan fingerprint density at radius 2 is 1.72 bits per heavy atom. The maximum Gasteiger partial charge on any atom is 0.235 e. The van der Waals surface area contributed by atoms with Crippen LogP contribution in [0.25, 0.3) is 22.3 Å². The molecule has 130 valence electrons. The van der Waals surface area contributed by atoms with Gasteiger partial charge in [0.25, 0.3) is 0 Å². The number of rotatable bonds is 4. The summed E-state index contributed by atoms with van der Waals surface area (Å²) in [5, 5.41) is 20.0. The molecule has 0 saturated heterocycles. The SMILES string of the molecule is COc1ccc2c(=O)c(OC)c(-c3cc(O)c(O)c(OC)c3)oc2c1. The van der Waals surface area contributed by atoms with Crippen molar-refractivity contribution in [1.29, 1.82) is 0 Å². The van der Waals surface area contributed by atoms with Crippen molar-refractivity contribution in [2.45, 2.75) is 0 Å². The summed E-state index contributed by atoms with van der Waals surface area (Å²) in [6, 6.07) is 7.50. The summed E-state index contributed by atoms with van der Waals surface area (Å²) in [7, 11) is 4.20. The van der Waals surface area contributed by atoms with Crippen LogP contribution in [0.4, 0.5) is 0 Å². The van der Waals surface area contributed by atoms with Gasteiger partial charge >= 0.3 is 0 Å². The molecule has 3 aromatic rings. The molecule has 0 fully saturated rings. The molecule has 2 N–H and O–H groups in total. The molecule has 7 nitrogen and oxygen atoms in total. The summed E-state index contributed by atoms with van der Waals surface area (Å²) in [5.74, 6) is -0.185. The lowest BCUT2D eigenvalue weighted by Gasteiger charge is -2.12. The van der Waals surface area contributed by atoms with E-state index in [1.165, 1.54) is 33.5 Å². The van der Waals surface area contributed by atoms with Gasteiger partial charge in [0.1, 0.15) is 11.3 Å². The maximum atomic E-state index is 12.7. The lowest BCUT2D eigenvalue weighted by molar-refractivity contribution is 0.351. The van der Waals surface area contributed by atoms with Gasteiger partial charge in [-0.2, -0.15) is 0 Å². The van der Waals surface area contributed by atoms with Crippen molar-refractivity contribution in [3.63, 3.8) is 0 Å². The van der Waals surface area contributed by atoms with Crippen molar-refractivity contribution >= 4 is 11.0 Å². The number of benzene rings is 2. The minimum absolute atomic E-state index is 0.0233. The highest BCUT2D eigenvalue weighted by molar-refractivity contribution is 5.83. The fourth-order valence-electron chi connectivity index (χ4n) is 2.54. The van der Waals surface area contributed by atoms with Crippen molar-refractivity contribution in [2.75, 3.05) is 21.3 Å². The summed E-state index contributed by atoms with van der Waals surface area (Å²) >= 11 is 0. The first-order valence-corrected chi connectivity index (χ1v) is 7.29. The molecular weight excluding hydrogens is 328 g/mol. The van der Waals surface area contributed by atoms with Crippen molar-refractivity contribution in [3.05, 3.63) is 40.6 Å². The van der Waals surface area contributed by atoms with Gasteiger partial charge < -0.3 is 28.8 Å². The molecule has 0 amide bonds. The van der Waals surface area contributed by atoms with Crippen LogP contribution in [-0.4, -0.2) is 31.5 Å². The number of hydrogen-bond donors (Lipinski definition) is 2. The molecule has 25 heavy (non-hydrogen) atoms. The van der Waals surface area contributed by atoms with Gasteiger partial charge in [-0.05, 0) is 24.3 Å². The first kappa shape index (κ1) is 16.5. The van der Waals surface area contributed by atoms with E-state index in [-0.39, 0.29) is 22.7 Å². The number of hydrogen-bond acceptors (Lipinski definition) is 7. The van der Waals surface area contributed by atoms with Crippen LogP contribution in [0.15, 0.2) is 39.5 Å². The van der Waals surface area contributed by atoms with Crippen LogP contribution in [0, 0.1) is 0 Å². The molecule has 0 spiro atoms. The molecular formula is C18H16O7. The lowest BCUT2D eigenvalue weighted by Crippen LogP contribution is -2.07. The second-order valence-corrected chi connectivity index (χ2v) is 5.20. The van der Waals surface area contributed by atoms with Crippen LogP contribution in [0.3, 0.4) is 0 Å². The molecule has 2 aromatic carbocycles. The van der Waals surface area contributed by atoms with E-state index in [2.05, 4.69) is 0 Å². The van der Waals surface area contributed by atoms with Crippen molar-refractivity contribution in [2.24, 2.45) is 0 Å². The van der Waals surface area contributed by atoms with Crippen LogP contribution >= 0.6 is 0 Å². The molecule has 7 heteroatoms. The van der Waals surface area contributed by atoms with Crippen LogP contribution in [-0.2, 0) is 0 Å². The summed E-state index contributed by atoms with van der Waals surface area (Å²) in [6.07, 6.45) is 0. The number of phenols is 2. The zero-order chi connectivity index (χ0) is 18.1. The summed E-state index contributed by atoms with van der Waals surface area (Å²) in [4.78, 5) is 12.7. The average molecular weight is 344 g/mol. The van der Waals surface area contributed by atoms with Crippen molar-refractivity contribution in [1.82, 2.24) is 0 Å². The Morgan fingerprint density at radius 1 is 0.960 bits per heavy atom. The standard InChI is InChI=1S/C18H16O7/c1-22-10-4-5-11-13(8-10)25-17(18(24-3)15(11)20)9-6-12(19)16(21)14(7-9)23-2/h4-8,19,21H,1-3H3. The number of ether oxygens (including phenoxy) is 3. The molecule has 1 aromatic heterocycles. The van der Waals surface area contributed by atoms with Gasteiger partial charge in [-0.15, -0.1) is 0 Å². The largest absolute Gasteiger partial charge is 0.504 e. The predicted molar refractivity (Wildman–Crippen MR) is 90.9 cm³/mol. The zero-order valence-corrected chi connectivity index (χ0v) is 13.8. The third-order valence-electron chi connectivity index (χ3n) is 3.80. The molecule has 0 aliphatic carbocycles. The predicted octanol–water partition coefficient (Wildman–Crippen LogP) is 2.90. The van der Waals surface area contributed by atoms with E-state index in [1.54, 1.807) is 18.2 Å². The molecule has 3 rings (SSSR count). The quantitative estimate of drug-likeness (QED) is 0.702. The second kappa shape index (κ2) is 6.27. The second-order valence-electron chi connectivity index (χ2n) is 5.20. The maximum absolute atomic E-state index is 12.7. The zero-order valence-electron chi connectivity index (χ0n) is 13.8. The number of aromatic hydroxyl groups is 2.